The lowest BCUT2D eigenvalue weighted by molar-refractivity contribution is -0.497. The van der Waals surface area contributed by atoms with E-state index in [9.17, 15) is 24.5 Å². The molecule has 0 radical (unpaired) electrons. The summed E-state index contributed by atoms with van der Waals surface area (Å²) < 4.78 is 0. The van der Waals surface area contributed by atoms with Gasteiger partial charge in [-0.2, -0.15) is 0 Å². The Balaban J connectivity index is 0.000000321. The van der Waals surface area contributed by atoms with Crippen molar-refractivity contribution in [2.45, 2.75) is 164 Å². The standard InChI is InChI=1S/2C9H17NO2.C9H15NO.C8H14.C6H10O.ClH/c1-7-2-3-9(4-7,6-10)5-8(11)12;1-3-9(7-10(11)12)5-4-8(2)6-9;1-7-2-3-9(4-7)5-8(11)10-6-9;1-3-8-5-4-7(2)6-8;1-5-2-3-6(7)4-5;/h7H,2-6,10H2,1H3,(H,11,12);8H,3-7H2,1-2H3;7H,2-6H2,1H3,(H,10,11);3,7H,4-6H2,1-2H3;5H,2-4H2,1H3;1H/b;;;8-3-;;/t7-,9+;8-,9+;7-,9+;7-;5-;/m11111./s1. The van der Waals surface area contributed by atoms with Gasteiger partial charge in [0, 0.05) is 36.1 Å². The number of ketones is 1. The molecule has 1 amide bonds. The van der Waals surface area contributed by atoms with E-state index in [0.29, 0.717) is 35.5 Å². The van der Waals surface area contributed by atoms with Crippen LogP contribution in [0.15, 0.2) is 11.6 Å². The number of nitrogens with one attached hydrogen (secondary N) is 1. The first-order valence-corrected chi connectivity index (χ1v) is 19.9. The number of carboxylic acid groups (broad SMARTS) is 1. The Labute approximate surface area is 316 Å². The number of carbonyl (C=O) groups is 3. The van der Waals surface area contributed by atoms with Crippen molar-refractivity contribution in [3.8, 4) is 0 Å². The van der Waals surface area contributed by atoms with Crippen LogP contribution >= 0.6 is 12.4 Å². The van der Waals surface area contributed by atoms with Crippen molar-refractivity contribution in [3.63, 3.8) is 0 Å². The Morgan fingerprint density at radius 1 is 0.882 bits per heavy atom. The highest BCUT2D eigenvalue weighted by Crippen LogP contribution is 2.46. The molecule has 1 heterocycles. The third-order valence-corrected chi connectivity index (χ3v) is 12.7. The summed E-state index contributed by atoms with van der Waals surface area (Å²) in [6, 6.07) is 0. The van der Waals surface area contributed by atoms with Gasteiger partial charge in [-0.15, -0.1) is 12.4 Å². The average Bonchev–Trinajstić information content (AvgIpc) is 3.91. The molecule has 1 saturated heterocycles. The van der Waals surface area contributed by atoms with Crippen LogP contribution < -0.4 is 11.1 Å². The highest BCUT2D eigenvalue weighted by molar-refractivity contribution is 5.85. The van der Waals surface area contributed by atoms with E-state index < -0.39 is 5.97 Å². The van der Waals surface area contributed by atoms with Crippen LogP contribution in [0.4, 0.5) is 0 Å². The summed E-state index contributed by atoms with van der Waals surface area (Å²) in [4.78, 5) is 42.3. The molecule has 5 aliphatic carbocycles. The molecular formula is C41H74ClN3O6. The third kappa shape index (κ3) is 16.7. The minimum atomic E-state index is -0.713. The molecule has 1 aliphatic heterocycles. The fourth-order valence-corrected chi connectivity index (χ4v) is 9.50. The quantitative estimate of drug-likeness (QED) is 0.139. The lowest BCUT2D eigenvalue weighted by Gasteiger charge is -2.25. The number of carbonyl (C=O) groups excluding carboxylic acids is 2. The first kappa shape index (κ1) is 47.0. The first-order valence-electron chi connectivity index (χ1n) is 19.9. The predicted octanol–water partition coefficient (Wildman–Crippen LogP) is 9.57. The predicted molar refractivity (Wildman–Crippen MR) is 209 cm³/mol. The van der Waals surface area contributed by atoms with E-state index in [4.69, 9.17) is 10.8 Å². The Morgan fingerprint density at radius 2 is 1.43 bits per heavy atom. The van der Waals surface area contributed by atoms with E-state index >= 15 is 0 Å². The van der Waals surface area contributed by atoms with Crippen LogP contribution in [0.3, 0.4) is 0 Å². The highest BCUT2D eigenvalue weighted by atomic mass is 35.5. The Hall–Kier alpha value is -2.00. The molecular weight excluding hydrogens is 666 g/mol. The van der Waals surface area contributed by atoms with Gasteiger partial charge in [0.1, 0.15) is 5.78 Å². The number of amides is 1. The molecule has 6 rings (SSSR count). The summed E-state index contributed by atoms with van der Waals surface area (Å²) in [6.45, 7) is 17.0. The number of rotatable bonds is 6. The monoisotopic (exact) mass is 740 g/mol. The second-order valence-electron chi connectivity index (χ2n) is 17.8. The van der Waals surface area contributed by atoms with E-state index in [1.807, 2.05) is 0 Å². The molecule has 51 heavy (non-hydrogen) atoms. The van der Waals surface area contributed by atoms with Crippen molar-refractivity contribution >= 4 is 30.1 Å². The van der Waals surface area contributed by atoms with E-state index in [0.717, 1.165) is 82.6 Å². The van der Waals surface area contributed by atoms with Crippen molar-refractivity contribution in [2.24, 2.45) is 51.6 Å². The highest BCUT2D eigenvalue weighted by Gasteiger charge is 2.43. The van der Waals surface area contributed by atoms with E-state index in [1.165, 1.54) is 44.9 Å². The topological polar surface area (TPSA) is 153 Å². The fourth-order valence-electron chi connectivity index (χ4n) is 9.50. The summed E-state index contributed by atoms with van der Waals surface area (Å²) in [6.07, 6.45) is 21.4. The summed E-state index contributed by atoms with van der Waals surface area (Å²) >= 11 is 0. The molecule has 6 fully saturated rings. The number of aliphatic carboxylic acids is 1. The SMILES string of the molecule is C/C=C1/CC[C@@H](C)C1.CC[C@]1(C[N+](=O)[O-])CC[C@@H](C)C1.C[C@@H]1CCC(=O)C1.C[C@@H]1CC[C@@](CN)(CC(=O)O)C1.C[C@@H]1CC[C@]2(CNC(=O)C2)C1.Cl. The molecule has 6 aliphatic rings. The molecule has 10 heteroatoms. The number of hydrogen-bond donors (Lipinski definition) is 3. The lowest BCUT2D eigenvalue weighted by atomic mass is 9.82. The van der Waals surface area contributed by atoms with Gasteiger partial charge in [-0.1, -0.05) is 66.0 Å². The number of nitrogens with two attached hydrogens (primary N) is 1. The van der Waals surface area contributed by atoms with Crippen molar-refractivity contribution in [1.82, 2.24) is 5.32 Å². The number of nitrogens with zero attached hydrogens (tertiary/aromatic N) is 1. The van der Waals surface area contributed by atoms with Crippen molar-refractivity contribution in [2.75, 3.05) is 19.6 Å². The smallest absolute Gasteiger partial charge is 0.303 e. The molecule has 8 atom stereocenters. The van der Waals surface area contributed by atoms with Gasteiger partial charge in [0.05, 0.1) is 6.42 Å². The zero-order chi connectivity index (χ0) is 37.5. The third-order valence-electron chi connectivity index (χ3n) is 12.7. The number of nitro groups is 1. The molecule has 1 spiro atoms. The number of Topliss-reactive ketones (excluding diaryl/α,β-unsaturated/α-hetero) is 1. The van der Waals surface area contributed by atoms with Crippen molar-refractivity contribution in [3.05, 3.63) is 21.8 Å². The molecule has 9 nitrogen and oxygen atoms in total. The maximum absolute atomic E-state index is 11.0. The minimum absolute atomic E-state index is 0. The van der Waals surface area contributed by atoms with Crippen molar-refractivity contribution in [1.29, 1.82) is 0 Å². The summed E-state index contributed by atoms with van der Waals surface area (Å²) in [7, 11) is 0. The number of halogens is 1. The molecule has 0 bridgehead atoms. The van der Waals surface area contributed by atoms with Crippen LogP contribution in [0.5, 0.6) is 0 Å². The first-order chi connectivity index (χ1) is 23.5. The maximum atomic E-state index is 11.0. The summed E-state index contributed by atoms with van der Waals surface area (Å²) in [5, 5.41) is 22.1. The van der Waals surface area contributed by atoms with Gasteiger partial charge in [0.25, 0.3) is 0 Å². The van der Waals surface area contributed by atoms with Crippen LogP contribution in [0.1, 0.15) is 164 Å². The van der Waals surface area contributed by atoms with Gasteiger partial charge in [-0.05, 0) is 131 Å². The lowest BCUT2D eigenvalue weighted by Crippen LogP contribution is -2.30. The normalized spacial score (nSPS) is 35.7. The molecule has 296 valence electrons. The molecule has 0 aromatic heterocycles. The molecule has 0 unspecified atom stereocenters. The van der Waals surface area contributed by atoms with Gasteiger partial charge in [-0.3, -0.25) is 24.5 Å². The minimum Gasteiger partial charge on any atom is -0.481 e. The zero-order valence-corrected chi connectivity index (χ0v) is 34.1. The van der Waals surface area contributed by atoms with Gasteiger partial charge in [0.15, 0.2) is 0 Å². The summed E-state index contributed by atoms with van der Waals surface area (Å²) in [5.41, 5.74) is 7.59. The Morgan fingerprint density at radius 3 is 1.73 bits per heavy atom. The van der Waals surface area contributed by atoms with E-state index in [1.54, 1.807) is 5.57 Å². The zero-order valence-electron chi connectivity index (χ0n) is 33.2. The van der Waals surface area contributed by atoms with Crippen LogP contribution in [-0.4, -0.2) is 47.3 Å². The second kappa shape index (κ2) is 22.3. The van der Waals surface area contributed by atoms with Gasteiger partial charge < -0.3 is 16.2 Å². The Kier molecular flexibility index (Phi) is 20.5. The summed E-state index contributed by atoms with van der Waals surface area (Å²) in [5.74, 6) is 3.80. The van der Waals surface area contributed by atoms with E-state index in [2.05, 4.69) is 59.9 Å². The molecule has 0 aromatic carbocycles. The van der Waals surface area contributed by atoms with Gasteiger partial charge in [0.2, 0.25) is 12.5 Å². The number of allylic oxidation sites excluding steroid dienone is 2. The molecule has 0 aromatic rings. The molecule has 4 N–H and O–H groups in total. The second-order valence-corrected chi connectivity index (χ2v) is 17.8. The Bertz CT molecular complexity index is 1110. The van der Waals surface area contributed by atoms with Gasteiger partial charge in [-0.25, -0.2) is 0 Å². The number of hydrogen-bond acceptors (Lipinski definition) is 6. The average molecular weight is 741 g/mol. The number of carboxylic acids is 1. The van der Waals surface area contributed by atoms with E-state index in [-0.39, 0.29) is 47.0 Å². The molecule has 5 saturated carbocycles. The fraction of sp³-hybridized carbons (Fsp3) is 0.878. The van der Waals surface area contributed by atoms with Crippen LogP contribution in [0.25, 0.3) is 0 Å². The van der Waals surface area contributed by atoms with Crippen LogP contribution in [0, 0.1) is 55.9 Å². The van der Waals surface area contributed by atoms with Crippen molar-refractivity contribution < 1.29 is 24.4 Å². The van der Waals surface area contributed by atoms with Crippen LogP contribution in [0.2, 0.25) is 0 Å². The van der Waals surface area contributed by atoms with Crippen LogP contribution in [-0.2, 0) is 14.4 Å². The maximum Gasteiger partial charge on any atom is 0.303 e. The largest absolute Gasteiger partial charge is 0.481 e. The van der Waals surface area contributed by atoms with Gasteiger partial charge >= 0.3 is 5.97 Å².